The average molecular weight is 327 g/mol. The second-order valence-electron chi connectivity index (χ2n) is 4.84. The third-order valence-corrected chi connectivity index (χ3v) is 4.29. The number of rotatable bonds is 3. The fourth-order valence-electron chi connectivity index (χ4n) is 2.29. The minimum atomic E-state index is -0.495. The molecule has 102 valence electrons. The van der Waals surface area contributed by atoms with Crippen molar-refractivity contribution in [2.45, 2.75) is 13.3 Å². The fraction of sp³-hybridized carbons (Fsp3) is 0.462. The molecular weight excluding hydrogens is 312 g/mol. The number of hydrogen-bond donors (Lipinski definition) is 0. The average Bonchev–Trinajstić information content (AvgIpc) is 2.86. The van der Waals surface area contributed by atoms with E-state index in [2.05, 4.69) is 15.9 Å². The van der Waals surface area contributed by atoms with Crippen LogP contribution >= 0.6 is 15.9 Å². The Morgan fingerprint density at radius 2 is 2.32 bits per heavy atom. The Morgan fingerprint density at radius 1 is 1.58 bits per heavy atom. The molecule has 6 heteroatoms. The fourth-order valence-corrected chi connectivity index (χ4v) is 2.82. The van der Waals surface area contributed by atoms with Gasteiger partial charge in [-0.15, -0.1) is 0 Å². The van der Waals surface area contributed by atoms with Gasteiger partial charge in [0, 0.05) is 24.5 Å². The van der Waals surface area contributed by atoms with E-state index in [4.69, 9.17) is 0 Å². The number of hydrogen-bond acceptors (Lipinski definition) is 3. The van der Waals surface area contributed by atoms with Crippen molar-refractivity contribution in [2.75, 3.05) is 18.4 Å². The zero-order valence-corrected chi connectivity index (χ0v) is 12.2. The van der Waals surface area contributed by atoms with Crippen LogP contribution in [0.5, 0.6) is 0 Å². The van der Waals surface area contributed by atoms with Crippen molar-refractivity contribution in [1.82, 2.24) is 4.90 Å². The molecule has 1 unspecified atom stereocenters. The van der Waals surface area contributed by atoms with Crippen LogP contribution in [0.3, 0.4) is 0 Å². The van der Waals surface area contributed by atoms with Gasteiger partial charge in [-0.05, 0) is 30.9 Å². The second-order valence-corrected chi connectivity index (χ2v) is 5.49. The first-order chi connectivity index (χ1) is 9.02. The summed E-state index contributed by atoms with van der Waals surface area (Å²) in [4.78, 5) is 24.6. The number of benzene rings is 1. The zero-order valence-electron chi connectivity index (χ0n) is 10.6. The zero-order chi connectivity index (χ0) is 14.0. The van der Waals surface area contributed by atoms with E-state index in [-0.39, 0.29) is 17.2 Å². The SMILES string of the molecule is Cc1ccc([N+](=O)[O-])c(C(=O)N2CCC(CBr)C2)c1. The summed E-state index contributed by atoms with van der Waals surface area (Å²) in [6.07, 6.45) is 0.941. The van der Waals surface area contributed by atoms with Gasteiger partial charge in [0.2, 0.25) is 0 Å². The van der Waals surface area contributed by atoms with E-state index in [0.29, 0.717) is 19.0 Å². The molecule has 1 amide bonds. The number of alkyl halides is 1. The summed E-state index contributed by atoms with van der Waals surface area (Å²) in [5, 5.41) is 11.9. The number of nitro benzene ring substituents is 1. The molecule has 0 N–H and O–H groups in total. The smallest absolute Gasteiger partial charge is 0.282 e. The lowest BCUT2D eigenvalue weighted by Gasteiger charge is -2.16. The summed E-state index contributed by atoms with van der Waals surface area (Å²) < 4.78 is 0. The van der Waals surface area contributed by atoms with E-state index in [1.54, 1.807) is 17.0 Å². The van der Waals surface area contributed by atoms with Crippen LogP contribution in [0.4, 0.5) is 5.69 Å². The van der Waals surface area contributed by atoms with Gasteiger partial charge in [0.15, 0.2) is 0 Å². The summed E-state index contributed by atoms with van der Waals surface area (Å²) in [7, 11) is 0. The topological polar surface area (TPSA) is 63.5 Å². The van der Waals surface area contributed by atoms with Crippen LogP contribution in [-0.4, -0.2) is 34.2 Å². The van der Waals surface area contributed by atoms with Gasteiger partial charge in [-0.3, -0.25) is 14.9 Å². The van der Waals surface area contributed by atoms with Gasteiger partial charge < -0.3 is 4.90 Å². The maximum atomic E-state index is 12.4. The second kappa shape index (κ2) is 5.69. The Morgan fingerprint density at radius 3 is 2.89 bits per heavy atom. The van der Waals surface area contributed by atoms with Crippen molar-refractivity contribution in [3.05, 3.63) is 39.4 Å². The minimum Gasteiger partial charge on any atom is -0.338 e. The van der Waals surface area contributed by atoms with Crippen LogP contribution < -0.4 is 0 Å². The van der Waals surface area contributed by atoms with Gasteiger partial charge in [-0.2, -0.15) is 0 Å². The molecule has 1 fully saturated rings. The number of nitrogens with zero attached hydrogens (tertiary/aromatic N) is 2. The summed E-state index contributed by atoms with van der Waals surface area (Å²) >= 11 is 3.41. The third kappa shape index (κ3) is 2.94. The first-order valence-corrected chi connectivity index (χ1v) is 7.25. The Kier molecular flexibility index (Phi) is 4.19. The molecule has 1 saturated heterocycles. The Bertz CT molecular complexity index is 519. The molecule has 1 heterocycles. The number of nitro groups is 1. The number of carbonyl (C=O) groups is 1. The van der Waals surface area contributed by atoms with Gasteiger partial charge in [-0.1, -0.05) is 22.0 Å². The van der Waals surface area contributed by atoms with E-state index in [1.807, 2.05) is 6.92 Å². The minimum absolute atomic E-state index is 0.113. The molecule has 0 saturated carbocycles. The highest BCUT2D eigenvalue weighted by molar-refractivity contribution is 9.09. The number of aryl methyl sites for hydroxylation is 1. The number of amides is 1. The predicted molar refractivity (Wildman–Crippen MR) is 75.6 cm³/mol. The van der Waals surface area contributed by atoms with E-state index in [0.717, 1.165) is 17.3 Å². The maximum Gasteiger partial charge on any atom is 0.282 e. The number of carbonyl (C=O) groups excluding carboxylic acids is 1. The van der Waals surface area contributed by atoms with Gasteiger partial charge in [-0.25, -0.2) is 0 Å². The van der Waals surface area contributed by atoms with Crippen molar-refractivity contribution in [1.29, 1.82) is 0 Å². The molecular formula is C13H15BrN2O3. The third-order valence-electron chi connectivity index (χ3n) is 3.37. The molecule has 19 heavy (non-hydrogen) atoms. The molecule has 1 aliphatic heterocycles. The molecule has 1 aromatic rings. The molecule has 1 atom stereocenters. The number of likely N-dealkylation sites (tertiary alicyclic amines) is 1. The van der Waals surface area contributed by atoms with Crippen molar-refractivity contribution in [2.24, 2.45) is 5.92 Å². The summed E-state index contributed by atoms with van der Waals surface area (Å²) in [6.45, 7) is 3.15. The van der Waals surface area contributed by atoms with Gasteiger partial charge in [0.25, 0.3) is 11.6 Å². The predicted octanol–water partition coefficient (Wildman–Crippen LogP) is 2.76. The molecule has 1 aromatic carbocycles. The van der Waals surface area contributed by atoms with Crippen LogP contribution in [-0.2, 0) is 0 Å². The normalized spacial score (nSPS) is 18.6. The highest BCUT2D eigenvalue weighted by atomic mass is 79.9. The van der Waals surface area contributed by atoms with E-state index in [9.17, 15) is 14.9 Å². The van der Waals surface area contributed by atoms with E-state index >= 15 is 0 Å². The lowest BCUT2D eigenvalue weighted by molar-refractivity contribution is -0.385. The highest BCUT2D eigenvalue weighted by Crippen LogP contribution is 2.25. The van der Waals surface area contributed by atoms with Crippen LogP contribution in [0.25, 0.3) is 0 Å². The lowest BCUT2D eigenvalue weighted by atomic mass is 10.1. The molecule has 0 bridgehead atoms. The Balaban J connectivity index is 2.28. The molecule has 2 rings (SSSR count). The molecule has 0 radical (unpaired) electrons. The van der Waals surface area contributed by atoms with E-state index in [1.165, 1.54) is 6.07 Å². The van der Waals surface area contributed by atoms with Crippen LogP contribution in [0.15, 0.2) is 18.2 Å². The Labute approximate surface area is 119 Å². The monoisotopic (exact) mass is 326 g/mol. The Hall–Kier alpha value is -1.43. The largest absolute Gasteiger partial charge is 0.338 e. The van der Waals surface area contributed by atoms with Crippen LogP contribution in [0.2, 0.25) is 0 Å². The first kappa shape index (κ1) is 14.0. The highest BCUT2D eigenvalue weighted by Gasteiger charge is 2.30. The summed E-state index contributed by atoms with van der Waals surface area (Å²) in [5.41, 5.74) is 0.934. The summed E-state index contributed by atoms with van der Waals surface area (Å²) in [5.74, 6) is 0.201. The van der Waals surface area contributed by atoms with Crippen molar-refractivity contribution >= 4 is 27.5 Å². The molecule has 0 spiro atoms. The molecule has 1 aliphatic rings. The molecule has 0 aromatic heterocycles. The summed E-state index contributed by atoms with van der Waals surface area (Å²) in [6, 6.07) is 4.66. The lowest BCUT2D eigenvalue weighted by Crippen LogP contribution is -2.29. The number of halogens is 1. The van der Waals surface area contributed by atoms with Crippen molar-refractivity contribution in [3.8, 4) is 0 Å². The molecule has 0 aliphatic carbocycles. The standard InChI is InChI=1S/C13H15BrN2O3/c1-9-2-3-12(16(18)19)11(6-9)13(17)15-5-4-10(7-14)8-15/h2-3,6,10H,4-5,7-8H2,1H3. The first-order valence-electron chi connectivity index (χ1n) is 6.13. The van der Waals surface area contributed by atoms with Gasteiger partial charge in [0.05, 0.1) is 4.92 Å². The van der Waals surface area contributed by atoms with Gasteiger partial charge in [0.1, 0.15) is 5.56 Å². The van der Waals surface area contributed by atoms with Crippen molar-refractivity contribution in [3.63, 3.8) is 0 Å². The van der Waals surface area contributed by atoms with Crippen molar-refractivity contribution < 1.29 is 9.72 Å². The van der Waals surface area contributed by atoms with Crippen LogP contribution in [0, 0.1) is 23.0 Å². The molecule has 5 nitrogen and oxygen atoms in total. The maximum absolute atomic E-state index is 12.4. The van der Waals surface area contributed by atoms with Crippen LogP contribution in [0.1, 0.15) is 22.3 Å². The quantitative estimate of drug-likeness (QED) is 0.487. The van der Waals surface area contributed by atoms with Gasteiger partial charge >= 0.3 is 0 Å². The van der Waals surface area contributed by atoms with E-state index < -0.39 is 4.92 Å².